The molecule has 2 aromatic rings. The summed E-state index contributed by atoms with van der Waals surface area (Å²) in [5.74, 6) is 1.02. The third-order valence-corrected chi connectivity index (χ3v) is 7.87. The molecule has 0 N–H and O–H groups in total. The highest BCUT2D eigenvalue weighted by Crippen LogP contribution is 2.27. The third-order valence-electron chi connectivity index (χ3n) is 5.83. The molecule has 2 aliphatic heterocycles. The number of hydrogen-bond donors (Lipinski definition) is 0. The van der Waals surface area contributed by atoms with E-state index < -0.39 is 10.2 Å². The van der Waals surface area contributed by atoms with Gasteiger partial charge in [-0.3, -0.25) is 4.79 Å². The van der Waals surface area contributed by atoms with Crippen LogP contribution in [0, 0.1) is 0 Å². The van der Waals surface area contributed by atoms with Gasteiger partial charge in [0.25, 0.3) is 16.1 Å². The summed E-state index contributed by atoms with van der Waals surface area (Å²) in [4.78, 5) is 14.9. The molecular weight excluding hydrogens is 414 g/mol. The maximum absolute atomic E-state index is 13.2. The van der Waals surface area contributed by atoms with E-state index in [-0.39, 0.29) is 5.91 Å². The molecule has 1 amide bonds. The average Bonchev–Trinajstić information content (AvgIpc) is 3.10. The topological polar surface area (TPSA) is 70.2 Å². The van der Waals surface area contributed by atoms with Crippen molar-refractivity contribution in [3.05, 3.63) is 60.2 Å². The first kappa shape index (κ1) is 21.8. The SMILES string of the molecule is O=C(c1ccccc1Oc1ccccc1)N1CCN(S(=O)(=O)N2CCCCCC2)CC1. The second-order valence-corrected chi connectivity index (χ2v) is 9.85. The number of piperazine rings is 1. The molecule has 0 aromatic heterocycles. The van der Waals surface area contributed by atoms with E-state index in [4.69, 9.17) is 4.74 Å². The van der Waals surface area contributed by atoms with Crippen molar-refractivity contribution in [1.82, 2.24) is 13.5 Å². The Morgan fingerprint density at radius 2 is 1.29 bits per heavy atom. The van der Waals surface area contributed by atoms with Crippen LogP contribution in [0.25, 0.3) is 0 Å². The first-order valence-corrected chi connectivity index (χ1v) is 12.3. The standard InChI is InChI=1S/C23H29N3O4S/c27-23(21-12-6-7-13-22(21)30-20-10-4-3-5-11-20)24-16-18-26(19-17-24)31(28,29)25-14-8-1-2-9-15-25/h3-7,10-13H,1-2,8-9,14-19H2. The van der Waals surface area contributed by atoms with Gasteiger partial charge in [-0.15, -0.1) is 0 Å². The number of carbonyl (C=O) groups is 1. The molecule has 7 nitrogen and oxygen atoms in total. The van der Waals surface area contributed by atoms with E-state index >= 15 is 0 Å². The van der Waals surface area contributed by atoms with E-state index in [9.17, 15) is 13.2 Å². The minimum absolute atomic E-state index is 0.140. The molecule has 2 saturated heterocycles. The summed E-state index contributed by atoms with van der Waals surface area (Å²) in [6.07, 6.45) is 3.99. The monoisotopic (exact) mass is 443 g/mol. The van der Waals surface area contributed by atoms with Gasteiger partial charge in [-0.25, -0.2) is 0 Å². The lowest BCUT2D eigenvalue weighted by Crippen LogP contribution is -2.54. The molecule has 0 radical (unpaired) electrons. The van der Waals surface area contributed by atoms with E-state index in [1.54, 1.807) is 21.3 Å². The van der Waals surface area contributed by atoms with Crippen LogP contribution >= 0.6 is 0 Å². The number of ether oxygens (including phenoxy) is 1. The highest BCUT2D eigenvalue weighted by molar-refractivity contribution is 7.86. The van der Waals surface area contributed by atoms with Crippen LogP contribution in [0.4, 0.5) is 0 Å². The lowest BCUT2D eigenvalue weighted by atomic mass is 10.1. The smallest absolute Gasteiger partial charge is 0.282 e. The number of rotatable bonds is 5. The molecule has 2 aliphatic rings. The summed E-state index contributed by atoms with van der Waals surface area (Å²) in [7, 11) is -3.47. The zero-order valence-corrected chi connectivity index (χ0v) is 18.5. The van der Waals surface area contributed by atoms with Crippen LogP contribution in [0.2, 0.25) is 0 Å². The van der Waals surface area contributed by atoms with Crippen LogP contribution in [0.3, 0.4) is 0 Å². The van der Waals surface area contributed by atoms with Crippen LogP contribution in [-0.4, -0.2) is 67.1 Å². The fraction of sp³-hybridized carbons (Fsp3) is 0.435. The molecule has 0 atom stereocenters. The minimum Gasteiger partial charge on any atom is -0.457 e. The zero-order chi connectivity index (χ0) is 21.7. The van der Waals surface area contributed by atoms with Crippen molar-refractivity contribution in [2.45, 2.75) is 25.7 Å². The number of amides is 1. The molecule has 8 heteroatoms. The number of carbonyl (C=O) groups excluding carboxylic acids is 1. The van der Waals surface area contributed by atoms with Gasteiger partial charge >= 0.3 is 0 Å². The maximum Gasteiger partial charge on any atom is 0.282 e. The second-order valence-electron chi connectivity index (χ2n) is 7.92. The predicted octanol–water partition coefficient (Wildman–Crippen LogP) is 3.36. The molecule has 0 bridgehead atoms. The fourth-order valence-electron chi connectivity index (χ4n) is 4.08. The molecule has 0 aliphatic carbocycles. The largest absolute Gasteiger partial charge is 0.457 e. The Morgan fingerprint density at radius 1 is 0.710 bits per heavy atom. The van der Waals surface area contributed by atoms with Crippen molar-refractivity contribution in [1.29, 1.82) is 0 Å². The van der Waals surface area contributed by atoms with E-state index in [1.807, 2.05) is 42.5 Å². The van der Waals surface area contributed by atoms with Gasteiger partial charge in [0.05, 0.1) is 5.56 Å². The van der Waals surface area contributed by atoms with Gasteiger partial charge in [0.15, 0.2) is 0 Å². The van der Waals surface area contributed by atoms with Gasteiger partial charge < -0.3 is 9.64 Å². The molecule has 0 spiro atoms. The Morgan fingerprint density at radius 3 is 1.97 bits per heavy atom. The van der Waals surface area contributed by atoms with Crippen molar-refractivity contribution in [2.75, 3.05) is 39.3 Å². The van der Waals surface area contributed by atoms with Crippen molar-refractivity contribution < 1.29 is 17.9 Å². The quantitative estimate of drug-likeness (QED) is 0.711. The van der Waals surface area contributed by atoms with Crippen molar-refractivity contribution in [3.63, 3.8) is 0 Å². The molecule has 2 aromatic carbocycles. The van der Waals surface area contributed by atoms with Gasteiger partial charge in [0.2, 0.25) is 0 Å². The normalized spacial score (nSPS) is 19.0. The molecule has 0 unspecified atom stereocenters. The summed E-state index contributed by atoms with van der Waals surface area (Å²) in [5.41, 5.74) is 0.482. The number of benzene rings is 2. The van der Waals surface area contributed by atoms with E-state index in [2.05, 4.69) is 0 Å². The Hall–Kier alpha value is -2.42. The Balaban J connectivity index is 1.42. The first-order chi connectivity index (χ1) is 15.1. The first-order valence-electron chi connectivity index (χ1n) is 10.9. The summed E-state index contributed by atoms with van der Waals surface area (Å²) in [6.45, 7) is 2.53. The lowest BCUT2D eigenvalue weighted by Gasteiger charge is -2.36. The maximum atomic E-state index is 13.2. The van der Waals surface area contributed by atoms with E-state index in [0.29, 0.717) is 56.3 Å². The summed E-state index contributed by atoms with van der Waals surface area (Å²) < 4.78 is 35.1. The van der Waals surface area contributed by atoms with Gasteiger partial charge in [0.1, 0.15) is 11.5 Å². The van der Waals surface area contributed by atoms with Crippen molar-refractivity contribution in [2.24, 2.45) is 0 Å². The minimum atomic E-state index is -3.47. The molecule has 0 saturated carbocycles. The Bertz CT molecular complexity index is 981. The molecule has 2 heterocycles. The Labute approximate surface area is 184 Å². The average molecular weight is 444 g/mol. The van der Waals surface area contributed by atoms with E-state index in [0.717, 1.165) is 25.7 Å². The van der Waals surface area contributed by atoms with Crippen LogP contribution in [0.5, 0.6) is 11.5 Å². The summed E-state index contributed by atoms with van der Waals surface area (Å²) in [5, 5.41) is 0. The van der Waals surface area contributed by atoms with Crippen molar-refractivity contribution in [3.8, 4) is 11.5 Å². The number of para-hydroxylation sites is 2. The molecule has 31 heavy (non-hydrogen) atoms. The van der Waals surface area contributed by atoms with Gasteiger partial charge in [-0.2, -0.15) is 17.0 Å². The fourth-order valence-corrected chi connectivity index (χ4v) is 5.75. The molecule has 4 rings (SSSR count). The summed E-state index contributed by atoms with van der Waals surface area (Å²) in [6, 6.07) is 16.5. The van der Waals surface area contributed by atoms with Gasteiger partial charge in [-0.1, -0.05) is 43.2 Å². The van der Waals surface area contributed by atoms with Crippen LogP contribution < -0.4 is 4.74 Å². The summed E-state index contributed by atoms with van der Waals surface area (Å²) >= 11 is 0. The van der Waals surface area contributed by atoms with Gasteiger partial charge in [0, 0.05) is 39.3 Å². The number of nitrogens with zero attached hydrogens (tertiary/aromatic N) is 3. The van der Waals surface area contributed by atoms with Crippen LogP contribution in [0.1, 0.15) is 36.0 Å². The zero-order valence-electron chi connectivity index (χ0n) is 17.7. The van der Waals surface area contributed by atoms with Crippen LogP contribution in [-0.2, 0) is 10.2 Å². The van der Waals surface area contributed by atoms with Gasteiger partial charge in [-0.05, 0) is 37.1 Å². The van der Waals surface area contributed by atoms with E-state index in [1.165, 1.54) is 4.31 Å². The highest BCUT2D eigenvalue weighted by Gasteiger charge is 2.34. The lowest BCUT2D eigenvalue weighted by molar-refractivity contribution is 0.0691. The molecular formula is C23H29N3O4S. The highest BCUT2D eigenvalue weighted by atomic mass is 32.2. The Kier molecular flexibility index (Phi) is 6.89. The van der Waals surface area contributed by atoms with Crippen LogP contribution in [0.15, 0.2) is 54.6 Å². The molecule has 2 fully saturated rings. The molecule has 166 valence electrons. The second kappa shape index (κ2) is 9.80. The number of hydrogen-bond acceptors (Lipinski definition) is 4. The predicted molar refractivity (Wildman–Crippen MR) is 119 cm³/mol. The van der Waals surface area contributed by atoms with Crippen molar-refractivity contribution >= 4 is 16.1 Å². The third kappa shape index (κ3) is 5.08.